The Kier molecular flexibility index (Phi) is 5.27. The summed E-state index contributed by atoms with van der Waals surface area (Å²) in [6.45, 7) is 8.07. The van der Waals surface area contributed by atoms with E-state index in [4.69, 9.17) is 0 Å². The fourth-order valence-corrected chi connectivity index (χ4v) is 4.33. The summed E-state index contributed by atoms with van der Waals surface area (Å²) in [5.41, 5.74) is 6.36. The van der Waals surface area contributed by atoms with Crippen molar-refractivity contribution in [3.63, 3.8) is 0 Å². The van der Waals surface area contributed by atoms with Crippen molar-refractivity contribution in [3.05, 3.63) is 76.0 Å². The van der Waals surface area contributed by atoms with E-state index >= 15 is 0 Å². The highest BCUT2D eigenvalue weighted by Gasteiger charge is 2.42. The second kappa shape index (κ2) is 7.86. The molecule has 2 aliphatic rings. The topological polar surface area (TPSA) is 40.6 Å². The van der Waals surface area contributed by atoms with Gasteiger partial charge in [0.2, 0.25) is 0 Å². The first-order valence-corrected chi connectivity index (χ1v) is 10.4. The van der Waals surface area contributed by atoms with Gasteiger partial charge in [0.15, 0.2) is 0 Å². The smallest absolute Gasteiger partial charge is 0.278 e. The lowest BCUT2D eigenvalue weighted by atomic mass is 9.97. The molecule has 0 saturated carbocycles. The number of benzene rings is 2. The highest BCUT2D eigenvalue weighted by molar-refractivity contribution is 6.35. The Morgan fingerprint density at radius 1 is 0.793 bits per heavy atom. The van der Waals surface area contributed by atoms with Gasteiger partial charge in [-0.05, 0) is 56.7 Å². The second-order valence-corrected chi connectivity index (χ2v) is 8.27. The Morgan fingerprint density at radius 2 is 1.45 bits per heavy atom. The highest BCUT2D eigenvalue weighted by Crippen LogP contribution is 2.35. The average molecular weight is 389 g/mol. The van der Waals surface area contributed by atoms with Crippen molar-refractivity contribution >= 4 is 17.4 Å². The maximum Gasteiger partial charge on any atom is 0.278 e. The Hall–Kier alpha value is -2.88. The fraction of sp³-hybridized carbons (Fsp3) is 0.360. The van der Waals surface area contributed by atoms with Crippen LogP contribution in [-0.2, 0) is 16.1 Å². The Balaban J connectivity index is 1.76. The van der Waals surface area contributed by atoms with Crippen LogP contribution in [0, 0.1) is 20.8 Å². The van der Waals surface area contributed by atoms with Crippen molar-refractivity contribution in [2.45, 2.75) is 46.6 Å². The van der Waals surface area contributed by atoms with Crippen LogP contribution in [0.25, 0.3) is 5.57 Å². The van der Waals surface area contributed by atoms with E-state index < -0.39 is 0 Å². The summed E-state index contributed by atoms with van der Waals surface area (Å²) in [6.07, 6.45) is 3.30. The molecule has 0 bridgehead atoms. The van der Waals surface area contributed by atoms with E-state index in [1.165, 1.54) is 11.3 Å². The van der Waals surface area contributed by atoms with Gasteiger partial charge in [-0.15, -0.1) is 0 Å². The predicted molar refractivity (Wildman–Crippen MR) is 115 cm³/mol. The van der Waals surface area contributed by atoms with E-state index in [1.807, 2.05) is 57.2 Å². The highest BCUT2D eigenvalue weighted by atomic mass is 16.2. The molecule has 0 atom stereocenters. The van der Waals surface area contributed by atoms with Crippen LogP contribution in [0.5, 0.6) is 0 Å². The Bertz CT molecular complexity index is 982. The average Bonchev–Trinajstić information content (AvgIpc) is 2.95. The molecule has 0 aliphatic carbocycles. The quantitative estimate of drug-likeness (QED) is 0.730. The number of nitrogens with zero attached hydrogens (tertiary/aromatic N) is 2. The summed E-state index contributed by atoms with van der Waals surface area (Å²) < 4.78 is 0. The van der Waals surface area contributed by atoms with E-state index in [9.17, 15) is 9.59 Å². The number of carbonyl (C=O) groups excluding carboxylic acids is 2. The van der Waals surface area contributed by atoms with Crippen molar-refractivity contribution in [3.8, 4) is 0 Å². The van der Waals surface area contributed by atoms with Gasteiger partial charge in [0.1, 0.15) is 5.70 Å². The van der Waals surface area contributed by atoms with Gasteiger partial charge in [-0.3, -0.25) is 14.5 Å². The molecular formula is C25H28N2O2. The molecule has 0 radical (unpaired) electrons. The molecule has 2 aromatic carbocycles. The van der Waals surface area contributed by atoms with Crippen LogP contribution < -0.4 is 0 Å². The second-order valence-electron chi connectivity index (χ2n) is 8.27. The zero-order chi connectivity index (χ0) is 20.5. The third-order valence-corrected chi connectivity index (χ3v) is 5.93. The van der Waals surface area contributed by atoms with E-state index in [2.05, 4.69) is 11.0 Å². The van der Waals surface area contributed by atoms with E-state index in [0.29, 0.717) is 17.8 Å². The van der Waals surface area contributed by atoms with Gasteiger partial charge in [0.25, 0.3) is 11.8 Å². The lowest BCUT2D eigenvalue weighted by molar-refractivity contribution is -0.138. The van der Waals surface area contributed by atoms with Crippen LogP contribution in [0.3, 0.4) is 0 Å². The van der Waals surface area contributed by atoms with Crippen molar-refractivity contribution in [1.82, 2.24) is 9.80 Å². The molecular weight excluding hydrogens is 360 g/mol. The molecule has 0 spiro atoms. The van der Waals surface area contributed by atoms with Crippen LogP contribution in [0.1, 0.15) is 47.1 Å². The molecule has 2 aromatic rings. The first-order valence-electron chi connectivity index (χ1n) is 10.4. The summed E-state index contributed by atoms with van der Waals surface area (Å²) in [4.78, 5) is 30.5. The van der Waals surface area contributed by atoms with Crippen molar-refractivity contribution in [2.24, 2.45) is 0 Å². The van der Waals surface area contributed by atoms with Crippen LogP contribution in [0.4, 0.5) is 0 Å². The molecule has 4 nitrogen and oxygen atoms in total. The SMILES string of the molecule is Cc1ccc(CN2C(=O)C(c3ccc(C)cc3C)=C(N3CCCCC3)C2=O)cc1. The first kappa shape index (κ1) is 19.4. The van der Waals surface area contributed by atoms with Crippen molar-refractivity contribution < 1.29 is 9.59 Å². The predicted octanol–water partition coefficient (Wildman–Crippen LogP) is 4.38. The molecule has 0 unspecified atom stereocenters. The number of aryl methyl sites for hydroxylation is 3. The maximum atomic E-state index is 13.5. The van der Waals surface area contributed by atoms with E-state index in [0.717, 1.165) is 53.7 Å². The number of carbonyl (C=O) groups is 2. The van der Waals surface area contributed by atoms with Gasteiger partial charge in [-0.25, -0.2) is 0 Å². The molecule has 2 aliphatic heterocycles. The maximum absolute atomic E-state index is 13.5. The molecule has 150 valence electrons. The van der Waals surface area contributed by atoms with Gasteiger partial charge in [-0.1, -0.05) is 53.6 Å². The van der Waals surface area contributed by atoms with Crippen LogP contribution in [0.2, 0.25) is 0 Å². The molecule has 1 fully saturated rings. The van der Waals surface area contributed by atoms with Gasteiger partial charge < -0.3 is 4.90 Å². The van der Waals surface area contributed by atoms with Crippen molar-refractivity contribution in [2.75, 3.05) is 13.1 Å². The van der Waals surface area contributed by atoms with E-state index in [1.54, 1.807) is 0 Å². The van der Waals surface area contributed by atoms with Gasteiger partial charge in [0.05, 0.1) is 12.1 Å². The molecule has 4 heteroatoms. The zero-order valence-corrected chi connectivity index (χ0v) is 17.5. The molecule has 29 heavy (non-hydrogen) atoms. The largest absolute Gasteiger partial charge is 0.366 e. The molecule has 0 N–H and O–H groups in total. The number of hydrogen-bond acceptors (Lipinski definition) is 3. The number of amides is 2. The van der Waals surface area contributed by atoms with Gasteiger partial charge in [0, 0.05) is 13.1 Å². The first-order chi connectivity index (χ1) is 14.0. The summed E-state index contributed by atoms with van der Waals surface area (Å²) in [5, 5.41) is 0. The summed E-state index contributed by atoms with van der Waals surface area (Å²) in [7, 11) is 0. The standard InChI is InChI=1S/C25H28N2O2/c1-17-7-10-20(11-8-17)16-27-24(28)22(21-12-9-18(2)15-19(21)3)23(25(27)29)26-13-5-4-6-14-26/h7-12,15H,4-6,13-14,16H2,1-3H3. The number of likely N-dealkylation sites (tertiary alicyclic amines) is 1. The zero-order valence-electron chi connectivity index (χ0n) is 17.5. The lowest BCUT2D eigenvalue weighted by Crippen LogP contribution is -2.36. The summed E-state index contributed by atoms with van der Waals surface area (Å²) >= 11 is 0. The minimum atomic E-state index is -0.178. The Labute approximate surface area is 172 Å². The molecule has 2 amide bonds. The third kappa shape index (κ3) is 3.71. The third-order valence-electron chi connectivity index (χ3n) is 5.93. The Morgan fingerprint density at radius 3 is 2.10 bits per heavy atom. The number of hydrogen-bond donors (Lipinski definition) is 0. The minimum Gasteiger partial charge on any atom is -0.366 e. The van der Waals surface area contributed by atoms with Crippen LogP contribution >= 0.6 is 0 Å². The number of rotatable bonds is 4. The van der Waals surface area contributed by atoms with Crippen molar-refractivity contribution in [1.29, 1.82) is 0 Å². The minimum absolute atomic E-state index is 0.160. The number of imide groups is 1. The monoisotopic (exact) mass is 388 g/mol. The molecule has 0 aromatic heterocycles. The number of piperidine rings is 1. The van der Waals surface area contributed by atoms with Crippen LogP contribution in [0.15, 0.2) is 48.2 Å². The fourth-order valence-electron chi connectivity index (χ4n) is 4.33. The molecule has 2 heterocycles. The summed E-state index contributed by atoms with van der Waals surface area (Å²) in [6, 6.07) is 14.1. The molecule has 4 rings (SSSR count). The van der Waals surface area contributed by atoms with E-state index in [-0.39, 0.29) is 11.8 Å². The summed E-state index contributed by atoms with van der Waals surface area (Å²) in [5.74, 6) is -0.337. The molecule has 1 saturated heterocycles. The normalized spacial score (nSPS) is 17.5. The van der Waals surface area contributed by atoms with Gasteiger partial charge >= 0.3 is 0 Å². The van der Waals surface area contributed by atoms with Crippen LogP contribution in [-0.4, -0.2) is 34.7 Å². The lowest BCUT2D eigenvalue weighted by Gasteiger charge is -2.29. The van der Waals surface area contributed by atoms with Gasteiger partial charge in [-0.2, -0.15) is 0 Å².